The van der Waals surface area contributed by atoms with Crippen LogP contribution in [0.2, 0.25) is 0 Å². The number of hydrogen-bond acceptors (Lipinski definition) is 4. The van der Waals surface area contributed by atoms with Crippen molar-refractivity contribution in [3.8, 4) is 0 Å². The van der Waals surface area contributed by atoms with Gasteiger partial charge in [0.15, 0.2) is 0 Å². The van der Waals surface area contributed by atoms with Crippen molar-refractivity contribution in [2.45, 2.75) is 33.1 Å². The smallest absolute Gasteiger partial charge is 0.447 e. The first-order valence-electron chi connectivity index (χ1n) is 4.96. The second-order valence-electron chi connectivity index (χ2n) is 2.78. The fraction of sp³-hybridized carbons (Fsp3) is 0.778. The second kappa shape index (κ2) is 9.11. The topological polar surface area (TPSA) is 77.3 Å². The Hall–Kier alpha value is -1.46. The molecule has 86 valence electrons. The van der Waals surface area contributed by atoms with Gasteiger partial charge in [0.1, 0.15) is 0 Å². The molecule has 0 saturated carbocycles. The van der Waals surface area contributed by atoms with Gasteiger partial charge in [0, 0.05) is 0 Å². The molecule has 0 saturated heterocycles. The van der Waals surface area contributed by atoms with Crippen LogP contribution in [-0.2, 0) is 9.47 Å². The van der Waals surface area contributed by atoms with E-state index < -0.39 is 12.2 Å². The molecule has 0 aliphatic heterocycles. The van der Waals surface area contributed by atoms with E-state index in [1.807, 2.05) is 13.8 Å². The molecule has 0 radical (unpaired) electrons. The van der Waals surface area contributed by atoms with E-state index in [4.69, 9.17) is 0 Å². The maximum Gasteiger partial charge on any atom is 0.452 e. The van der Waals surface area contributed by atoms with E-state index in [1.165, 1.54) is 0 Å². The van der Waals surface area contributed by atoms with Crippen molar-refractivity contribution in [1.82, 2.24) is 0 Å². The van der Waals surface area contributed by atoms with Crippen LogP contribution in [0.1, 0.15) is 33.1 Å². The van der Waals surface area contributed by atoms with Gasteiger partial charge >= 0.3 is 12.2 Å². The molecule has 0 aromatic heterocycles. The maximum atomic E-state index is 10.8. The van der Waals surface area contributed by atoms with Gasteiger partial charge in [-0.25, -0.2) is 9.59 Å². The van der Waals surface area contributed by atoms with Gasteiger partial charge in [-0.1, -0.05) is 30.5 Å². The minimum atomic E-state index is -0.871. The van der Waals surface area contributed by atoms with Gasteiger partial charge in [-0.2, -0.15) is 0 Å². The molecule has 6 heteroatoms. The summed E-state index contributed by atoms with van der Waals surface area (Å²) in [6.07, 6.45) is 0.647. The van der Waals surface area contributed by atoms with Crippen LogP contribution in [-0.4, -0.2) is 25.4 Å². The molecule has 0 atom stereocenters. The van der Waals surface area contributed by atoms with E-state index in [-0.39, 0.29) is 6.61 Å². The highest BCUT2D eigenvalue weighted by Gasteiger charge is 2.02. The van der Waals surface area contributed by atoms with Gasteiger partial charge in [0.25, 0.3) is 0 Å². The van der Waals surface area contributed by atoms with Crippen molar-refractivity contribution in [2.24, 2.45) is 10.2 Å². The number of carbonyl (C=O) groups is 2. The van der Waals surface area contributed by atoms with Crippen molar-refractivity contribution >= 4 is 12.2 Å². The Bertz CT molecular complexity index is 228. The Labute approximate surface area is 88.7 Å². The monoisotopic (exact) mass is 216 g/mol. The van der Waals surface area contributed by atoms with Gasteiger partial charge in [-0.15, -0.1) is 0 Å². The minimum Gasteiger partial charge on any atom is -0.447 e. The first kappa shape index (κ1) is 13.5. The number of hydrogen-bond donors (Lipinski definition) is 0. The van der Waals surface area contributed by atoms with Crippen LogP contribution in [0.4, 0.5) is 9.59 Å². The molecule has 0 rings (SSSR count). The van der Waals surface area contributed by atoms with E-state index in [1.54, 1.807) is 0 Å². The van der Waals surface area contributed by atoms with E-state index >= 15 is 0 Å². The molecular weight excluding hydrogens is 200 g/mol. The standard InChI is InChI=1S/C9H16N2O4/c1-3-5-7-15-9(13)11-10-8(12)14-6-4-2/h3-7H2,1-2H3/b11-10+. The second-order valence-corrected chi connectivity index (χ2v) is 2.78. The number of azo groups is 1. The van der Waals surface area contributed by atoms with Crippen LogP contribution in [0, 0.1) is 0 Å². The molecule has 0 N–H and O–H groups in total. The molecule has 0 aromatic carbocycles. The lowest BCUT2D eigenvalue weighted by Gasteiger charge is -1.97. The fourth-order valence-electron chi connectivity index (χ4n) is 0.633. The van der Waals surface area contributed by atoms with E-state index in [0.29, 0.717) is 13.0 Å². The Morgan fingerprint density at radius 1 is 0.933 bits per heavy atom. The summed E-state index contributed by atoms with van der Waals surface area (Å²) in [6, 6.07) is 0. The summed E-state index contributed by atoms with van der Waals surface area (Å²) in [5, 5.41) is 6.07. The third-order valence-corrected chi connectivity index (χ3v) is 1.37. The highest BCUT2D eigenvalue weighted by Crippen LogP contribution is 1.93. The van der Waals surface area contributed by atoms with E-state index in [0.717, 1.165) is 12.8 Å². The normalized spacial score (nSPS) is 10.3. The maximum absolute atomic E-state index is 10.8. The first-order valence-corrected chi connectivity index (χ1v) is 4.96. The van der Waals surface area contributed by atoms with Crippen LogP contribution in [0.15, 0.2) is 10.2 Å². The van der Waals surface area contributed by atoms with E-state index in [2.05, 4.69) is 19.7 Å². The zero-order valence-corrected chi connectivity index (χ0v) is 9.06. The molecule has 0 spiro atoms. The largest absolute Gasteiger partial charge is 0.452 e. The summed E-state index contributed by atoms with van der Waals surface area (Å²) >= 11 is 0. The molecule has 0 unspecified atom stereocenters. The Morgan fingerprint density at radius 2 is 1.47 bits per heavy atom. The van der Waals surface area contributed by atoms with Crippen molar-refractivity contribution < 1.29 is 19.1 Å². The summed E-state index contributed by atoms with van der Waals surface area (Å²) in [7, 11) is 0. The predicted octanol–water partition coefficient (Wildman–Crippen LogP) is 2.92. The molecule has 0 aliphatic carbocycles. The molecule has 2 amide bonds. The average Bonchev–Trinajstić information content (AvgIpc) is 2.24. The summed E-state index contributed by atoms with van der Waals surface area (Å²) in [4.78, 5) is 21.6. The highest BCUT2D eigenvalue weighted by molar-refractivity contribution is 5.73. The molecule has 0 heterocycles. The third kappa shape index (κ3) is 8.86. The van der Waals surface area contributed by atoms with Gasteiger partial charge < -0.3 is 9.47 Å². The number of unbranched alkanes of at least 4 members (excludes halogenated alkanes) is 1. The predicted molar refractivity (Wildman–Crippen MR) is 52.8 cm³/mol. The van der Waals surface area contributed by atoms with Crippen LogP contribution >= 0.6 is 0 Å². The number of amides is 2. The van der Waals surface area contributed by atoms with Crippen LogP contribution in [0.25, 0.3) is 0 Å². The minimum absolute atomic E-state index is 0.267. The van der Waals surface area contributed by atoms with Gasteiger partial charge in [-0.05, 0) is 12.8 Å². The van der Waals surface area contributed by atoms with Crippen LogP contribution in [0.5, 0.6) is 0 Å². The summed E-state index contributed by atoms with van der Waals surface area (Å²) in [5.74, 6) is 0. The molecule has 15 heavy (non-hydrogen) atoms. The molecule has 0 fully saturated rings. The number of carbonyl (C=O) groups excluding carboxylic acids is 2. The molecular formula is C9H16N2O4. The summed E-state index contributed by atoms with van der Waals surface area (Å²) in [5.41, 5.74) is 0. The molecule has 6 nitrogen and oxygen atoms in total. The zero-order chi connectivity index (χ0) is 11.5. The van der Waals surface area contributed by atoms with Gasteiger partial charge in [0.2, 0.25) is 0 Å². The lowest BCUT2D eigenvalue weighted by molar-refractivity contribution is 0.145. The third-order valence-electron chi connectivity index (χ3n) is 1.37. The lowest BCUT2D eigenvalue weighted by Crippen LogP contribution is -2.02. The van der Waals surface area contributed by atoms with Crippen molar-refractivity contribution in [3.05, 3.63) is 0 Å². The Morgan fingerprint density at radius 3 is 1.93 bits per heavy atom. The van der Waals surface area contributed by atoms with E-state index in [9.17, 15) is 9.59 Å². The van der Waals surface area contributed by atoms with Crippen molar-refractivity contribution in [1.29, 1.82) is 0 Å². The average molecular weight is 216 g/mol. The molecule has 0 aromatic rings. The number of rotatable bonds is 5. The Balaban J connectivity index is 3.65. The molecule has 0 bridgehead atoms. The summed E-state index contributed by atoms with van der Waals surface area (Å²) < 4.78 is 9.19. The van der Waals surface area contributed by atoms with Gasteiger partial charge in [0.05, 0.1) is 13.2 Å². The first-order chi connectivity index (χ1) is 7.20. The zero-order valence-electron chi connectivity index (χ0n) is 9.06. The number of ether oxygens (including phenoxy) is 2. The van der Waals surface area contributed by atoms with Crippen LogP contribution in [0.3, 0.4) is 0 Å². The quantitative estimate of drug-likeness (QED) is 0.522. The van der Waals surface area contributed by atoms with Crippen molar-refractivity contribution in [2.75, 3.05) is 13.2 Å². The van der Waals surface area contributed by atoms with Gasteiger partial charge in [-0.3, -0.25) is 0 Å². The SMILES string of the molecule is CCCCOC(=O)/N=N/C(=O)OCCC. The number of nitrogens with zero attached hydrogens (tertiary/aromatic N) is 2. The van der Waals surface area contributed by atoms with Crippen molar-refractivity contribution in [3.63, 3.8) is 0 Å². The summed E-state index contributed by atoms with van der Waals surface area (Å²) in [6.45, 7) is 4.38. The van der Waals surface area contributed by atoms with Crippen LogP contribution < -0.4 is 0 Å². The fourth-order valence-corrected chi connectivity index (χ4v) is 0.633. The lowest BCUT2D eigenvalue weighted by atomic mass is 10.4. The molecule has 0 aliphatic rings. The Kier molecular flexibility index (Phi) is 8.22. The highest BCUT2D eigenvalue weighted by atomic mass is 16.6.